The van der Waals surface area contributed by atoms with Gasteiger partial charge < -0.3 is 9.64 Å². The molecule has 10 heteroatoms. The summed E-state index contributed by atoms with van der Waals surface area (Å²) in [6.45, 7) is 5.89. The summed E-state index contributed by atoms with van der Waals surface area (Å²) in [5, 5.41) is 12.6. The van der Waals surface area contributed by atoms with E-state index in [1.54, 1.807) is 42.2 Å². The van der Waals surface area contributed by atoms with Gasteiger partial charge in [-0.25, -0.2) is 8.42 Å². The number of hydrogen-bond donors (Lipinski definition) is 0. The number of sulfonamides is 1. The Bertz CT molecular complexity index is 1100. The molecule has 3 heterocycles. The van der Waals surface area contributed by atoms with Crippen molar-refractivity contribution in [2.75, 3.05) is 38.2 Å². The average molecular weight is 402 g/mol. The molecule has 0 saturated carbocycles. The lowest BCUT2D eigenvalue weighted by atomic mass is 10.1. The molecule has 28 heavy (non-hydrogen) atoms. The van der Waals surface area contributed by atoms with Gasteiger partial charge >= 0.3 is 0 Å². The van der Waals surface area contributed by atoms with Crippen molar-refractivity contribution in [1.82, 2.24) is 24.1 Å². The van der Waals surface area contributed by atoms with Crippen molar-refractivity contribution in [1.29, 1.82) is 0 Å². The minimum absolute atomic E-state index is 0.275. The van der Waals surface area contributed by atoms with Gasteiger partial charge in [-0.3, -0.25) is 0 Å². The molecule has 4 rings (SSSR count). The zero-order valence-electron chi connectivity index (χ0n) is 16.0. The molecule has 3 aromatic rings. The van der Waals surface area contributed by atoms with Crippen molar-refractivity contribution in [3.8, 4) is 5.75 Å². The molecule has 1 saturated heterocycles. The zero-order chi connectivity index (χ0) is 19.9. The Morgan fingerprint density at radius 2 is 1.71 bits per heavy atom. The number of aryl methyl sites for hydroxylation is 1. The number of anilines is 1. The Kier molecular flexibility index (Phi) is 4.68. The minimum atomic E-state index is -3.54. The van der Waals surface area contributed by atoms with E-state index in [4.69, 9.17) is 4.74 Å². The summed E-state index contributed by atoms with van der Waals surface area (Å²) in [6, 6.07) is 6.48. The normalized spacial score (nSPS) is 15.9. The van der Waals surface area contributed by atoms with Crippen LogP contribution in [0.4, 0.5) is 5.69 Å². The first-order valence-corrected chi connectivity index (χ1v) is 10.4. The van der Waals surface area contributed by atoms with Crippen molar-refractivity contribution in [3.63, 3.8) is 0 Å². The molecule has 1 aliphatic heterocycles. The Hall–Kier alpha value is -2.72. The topological polar surface area (TPSA) is 92.9 Å². The quantitative estimate of drug-likeness (QED) is 0.649. The van der Waals surface area contributed by atoms with Gasteiger partial charge in [0.05, 0.1) is 23.4 Å². The lowest BCUT2D eigenvalue weighted by Gasteiger charge is -2.36. The number of piperazine rings is 1. The van der Waals surface area contributed by atoms with Crippen LogP contribution in [0.5, 0.6) is 5.75 Å². The fraction of sp³-hybridized carbons (Fsp3) is 0.389. The molecule has 148 valence electrons. The van der Waals surface area contributed by atoms with Gasteiger partial charge in [-0.05, 0) is 43.7 Å². The standard InChI is InChI=1S/C18H22N6O3S/c1-13-14(2)21-24-12-19-20-18(24)17(13)22-8-10-23(11-9-22)28(25,26)16-6-4-15(27-3)5-7-16/h4-7,12H,8-11H2,1-3H3. The van der Waals surface area contributed by atoms with Crippen molar-refractivity contribution in [3.05, 3.63) is 41.9 Å². The second kappa shape index (κ2) is 7.02. The first kappa shape index (κ1) is 18.6. The predicted octanol–water partition coefficient (Wildman–Crippen LogP) is 1.26. The van der Waals surface area contributed by atoms with Gasteiger partial charge in [0.1, 0.15) is 12.1 Å². The van der Waals surface area contributed by atoms with Gasteiger partial charge in [0.25, 0.3) is 0 Å². The molecule has 9 nitrogen and oxygen atoms in total. The summed E-state index contributed by atoms with van der Waals surface area (Å²) >= 11 is 0. The van der Waals surface area contributed by atoms with E-state index in [0.29, 0.717) is 37.6 Å². The van der Waals surface area contributed by atoms with Crippen molar-refractivity contribution in [2.24, 2.45) is 0 Å². The average Bonchev–Trinajstić information content (AvgIpc) is 3.16. The number of fused-ring (bicyclic) bond motifs is 1. The number of hydrogen-bond acceptors (Lipinski definition) is 7. The van der Waals surface area contributed by atoms with Crippen LogP contribution in [0, 0.1) is 13.8 Å². The Morgan fingerprint density at radius 1 is 1.04 bits per heavy atom. The van der Waals surface area contributed by atoms with Crippen LogP contribution in [-0.4, -0.2) is 65.8 Å². The number of aromatic nitrogens is 4. The van der Waals surface area contributed by atoms with Crippen LogP contribution in [-0.2, 0) is 10.0 Å². The van der Waals surface area contributed by atoms with Crippen LogP contribution in [0.25, 0.3) is 5.65 Å². The highest BCUT2D eigenvalue weighted by atomic mass is 32.2. The van der Waals surface area contributed by atoms with Gasteiger partial charge in [0.2, 0.25) is 15.7 Å². The molecule has 0 amide bonds. The maximum atomic E-state index is 13.0. The van der Waals surface area contributed by atoms with E-state index in [9.17, 15) is 8.42 Å². The second-order valence-electron chi connectivity index (χ2n) is 6.72. The molecule has 0 radical (unpaired) electrons. The lowest BCUT2D eigenvalue weighted by molar-refractivity contribution is 0.384. The summed E-state index contributed by atoms with van der Waals surface area (Å²) in [7, 11) is -1.98. The van der Waals surface area contributed by atoms with Crippen molar-refractivity contribution < 1.29 is 13.2 Å². The highest BCUT2D eigenvalue weighted by molar-refractivity contribution is 7.89. The maximum absolute atomic E-state index is 13.0. The number of rotatable bonds is 4. The van der Waals surface area contributed by atoms with Gasteiger partial charge in [-0.15, -0.1) is 10.2 Å². The van der Waals surface area contributed by atoms with Gasteiger partial charge in [-0.2, -0.15) is 13.9 Å². The molecular formula is C18H22N6O3S. The SMILES string of the molecule is COc1ccc(S(=O)(=O)N2CCN(c3c(C)c(C)nn4cnnc34)CC2)cc1. The summed E-state index contributed by atoms with van der Waals surface area (Å²) in [5.74, 6) is 0.629. The van der Waals surface area contributed by atoms with Gasteiger partial charge in [0.15, 0.2) is 0 Å². The molecule has 1 aromatic carbocycles. The molecule has 0 atom stereocenters. The molecule has 1 fully saturated rings. The zero-order valence-corrected chi connectivity index (χ0v) is 16.8. The first-order chi connectivity index (χ1) is 13.4. The largest absolute Gasteiger partial charge is 0.497 e. The highest BCUT2D eigenvalue weighted by Gasteiger charge is 2.30. The van der Waals surface area contributed by atoms with E-state index in [1.807, 2.05) is 13.8 Å². The predicted molar refractivity (Wildman–Crippen MR) is 104 cm³/mol. The summed E-state index contributed by atoms with van der Waals surface area (Å²) in [5.41, 5.74) is 3.59. The van der Waals surface area contributed by atoms with Crippen LogP contribution < -0.4 is 9.64 Å². The molecule has 1 aliphatic rings. The fourth-order valence-corrected chi connectivity index (χ4v) is 4.88. The second-order valence-corrected chi connectivity index (χ2v) is 8.66. The molecule has 0 aliphatic carbocycles. The van der Waals surface area contributed by atoms with Crippen molar-refractivity contribution >= 4 is 21.4 Å². The van der Waals surface area contributed by atoms with Crippen molar-refractivity contribution in [2.45, 2.75) is 18.7 Å². The van der Waals surface area contributed by atoms with E-state index < -0.39 is 10.0 Å². The molecular weight excluding hydrogens is 380 g/mol. The lowest BCUT2D eigenvalue weighted by Crippen LogP contribution is -2.49. The smallest absolute Gasteiger partial charge is 0.243 e. The number of methoxy groups -OCH3 is 1. The summed E-state index contributed by atoms with van der Waals surface area (Å²) in [4.78, 5) is 2.44. The Labute approximate surface area is 163 Å². The molecule has 2 aromatic heterocycles. The molecule has 0 unspecified atom stereocenters. The Morgan fingerprint density at radius 3 is 2.36 bits per heavy atom. The minimum Gasteiger partial charge on any atom is -0.497 e. The van der Waals surface area contributed by atoms with E-state index in [1.165, 1.54) is 4.31 Å². The van der Waals surface area contributed by atoms with E-state index in [2.05, 4.69) is 20.2 Å². The number of ether oxygens (including phenoxy) is 1. The van der Waals surface area contributed by atoms with E-state index in [0.717, 1.165) is 16.9 Å². The van der Waals surface area contributed by atoms with Crippen LogP contribution in [0.1, 0.15) is 11.3 Å². The number of benzene rings is 1. The number of nitrogens with zero attached hydrogens (tertiary/aromatic N) is 6. The summed E-state index contributed by atoms with van der Waals surface area (Å²) < 4.78 is 34.2. The van der Waals surface area contributed by atoms with E-state index in [-0.39, 0.29) is 4.90 Å². The van der Waals surface area contributed by atoms with Crippen LogP contribution in [0.2, 0.25) is 0 Å². The third kappa shape index (κ3) is 3.08. The van der Waals surface area contributed by atoms with Crippen LogP contribution in [0.15, 0.2) is 35.5 Å². The maximum Gasteiger partial charge on any atom is 0.243 e. The third-order valence-electron chi connectivity index (χ3n) is 5.15. The summed E-state index contributed by atoms with van der Waals surface area (Å²) in [6.07, 6.45) is 1.58. The Balaban J connectivity index is 1.57. The van der Waals surface area contributed by atoms with Crippen LogP contribution in [0.3, 0.4) is 0 Å². The molecule has 0 N–H and O–H groups in total. The van der Waals surface area contributed by atoms with Crippen LogP contribution >= 0.6 is 0 Å². The fourth-order valence-electron chi connectivity index (χ4n) is 3.46. The highest BCUT2D eigenvalue weighted by Crippen LogP contribution is 2.28. The van der Waals surface area contributed by atoms with E-state index >= 15 is 0 Å². The van der Waals surface area contributed by atoms with Gasteiger partial charge in [0, 0.05) is 26.2 Å². The molecule has 0 spiro atoms. The first-order valence-electron chi connectivity index (χ1n) is 8.98. The third-order valence-corrected chi connectivity index (χ3v) is 7.06. The molecule has 0 bridgehead atoms. The monoisotopic (exact) mass is 402 g/mol. The van der Waals surface area contributed by atoms with Gasteiger partial charge in [-0.1, -0.05) is 0 Å².